The predicted octanol–water partition coefficient (Wildman–Crippen LogP) is 4.25. The SMILES string of the molecule is O=C1CSC(=S)N1/N=C\c1ccc(OCc2c(F)cccc2Cl)cc1. The molecular formula is C17H12ClFN2O2S2. The number of hydrogen-bond acceptors (Lipinski definition) is 5. The van der Waals surface area contributed by atoms with Crippen molar-refractivity contribution in [2.24, 2.45) is 5.10 Å². The molecule has 2 aromatic rings. The number of hydrogen-bond donors (Lipinski definition) is 0. The van der Waals surface area contributed by atoms with Crippen molar-refractivity contribution in [1.82, 2.24) is 5.01 Å². The lowest BCUT2D eigenvalue weighted by molar-refractivity contribution is -0.123. The molecule has 0 aromatic heterocycles. The summed E-state index contributed by atoms with van der Waals surface area (Å²) in [6.45, 7) is 0.0344. The Balaban J connectivity index is 1.62. The van der Waals surface area contributed by atoms with Crippen molar-refractivity contribution in [3.05, 3.63) is 64.4 Å². The third-order valence-corrected chi connectivity index (χ3v) is 5.07. The minimum Gasteiger partial charge on any atom is -0.489 e. The molecule has 0 aliphatic carbocycles. The van der Waals surface area contributed by atoms with E-state index in [1.165, 1.54) is 22.8 Å². The third kappa shape index (κ3) is 4.36. The van der Waals surface area contributed by atoms with Gasteiger partial charge >= 0.3 is 0 Å². The summed E-state index contributed by atoms with van der Waals surface area (Å²) in [6, 6.07) is 11.5. The van der Waals surface area contributed by atoms with Crippen LogP contribution in [-0.2, 0) is 11.4 Å². The van der Waals surface area contributed by atoms with Gasteiger partial charge < -0.3 is 4.74 Å². The third-order valence-electron chi connectivity index (χ3n) is 3.38. The van der Waals surface area contributed by atoms with Gasteiger partial charge in [-0.3, -0.25) is 4.79 Å². The molecule has 2 aromatic carbocycles. The molecule has 0 bridgehead atoms. The molecule has 0 N–H and O–H groups in total. The Hall–Kier alpha value is -1.96. The number of carbonyl (C=O) groups excluding carboxylic acids is 1. The first-order valence-corrected chi connectivity index (χ1v) is 9.01. The van der Waals surface area contributed by atoms with Crippen molar-refractivity contribution in [1.29, 1.82) is 0 Å². The van der Waals surface area contributed by atoms with E-state index in [4.69, 9.17) is 28.6 Å². The van der Waals surface area contributed by atoms with Gasteiger partial charge in [0.05, 0.1) is 17.0 Å². The van der Waals surface area contributed by atoms with Gasteiger partial charge in [-0.2, -0.15) is 10.1 Å². The molecule has 128 valence electrons. The molecule has 0 spiro atoms. The van der Waals surface area contributed by atoms with Crippen LogP contribution in [0.3, 0.4) is 0 Å². The maximum atomic E-state index is 13.7. The molecule has 1 aliphatic rings. The summed E-state index contributed by atoms with van der Waals surface area (Å²) < 4.78 is 19.7. The Morgan fingerprint density at radius 2 is 2.08 bits per heavy atom. The summed E-state index contributed by atoms with van der Waals surface area (Å²) in [5.74, 6) is 0.356. The first-order chi connectivity index (χ1) is 12.0. The maximum Gasteiger partial charge on any atom is 0.259 e. The van der Waals surface area contributed by atoms with Crippen LogP contribution in [0.2, 0.25) is 5.02 Å². The van der Waals surface area contributed by atoms with Gasteiger partial charge in [-0.05, 0) is 42.0 Å². The second kappa shape index (κ2) is 7.95. The van der Waals surface area contributed by atoms with Gasteiger partial charge in [0.15, 0.2) is 4.32 Å². The number of thiocarbonyl (C=S) groups is 1. The molecule has 1 amide bonds. The molecule has 0 atom stereocenters. The van der Waals surface area contributed by atoms with E-state index < -0.39 is 5.82 Å². The maximum absolute atomic E-state index is 13.7. The van der Waals surface area contributed by atoms with Crippen LogP contribution in [0.4, 0.5) is 4.39 Å². The molecule has 1 fully saturated rings. The predicted molar refractivity (Wildman–Crippen MR) is 102 cm³/mol. The molecular weight excluding hydrogens is 383 g/mol. The van der Waals surface area contributed by atoms with Crippen molar-refractivity contribution < 1.29 is 13.9 Å². The molecule has 8 heteroatoms. The first-order valence-electron chi connectivity index (χ1n) is 7.24. The summed E-state index contributed by atoms with van der Waals surface area (Å²) in [5.41, 5.74) is 1.09. The molecule has 1 heterocycles. The van der Waals surface area contributed by atoms with Gasteiger partial charge in [0.1, 0.15) is 18.2 Å². The van der Waals surface area contributed by atoms with Crippen molar-refractivity contribution >= 4 is 52.0 Å². The minimum atomic E-state index is -0.402. The fourth-order valence-corrected chi connectivity index (χ4v) is 3.24. The summed E-state index contributed by atoms with van der Waals surface area (Å²) in [7, 11) is 0. The summed E-state index contributed by atoms with van der Waals surface area (Å²) >= 11 is 12.3. The van der Waals surface area contributed by atoms with Crippen LogP contribution in [-0.4, -0.2) is 27.2 Å². The Kier molecular flexibility index (Phi) is 5.67. The average Bonchev–Trinajstić information content (AvgIpc) is 2.92. The lowest BCUT2D eigenvalue weighted by atomic mass is 10.2. The van der Waals surface area contributed by atoms with Gasteiger partial charge in [0.2, 0.25) is 0 Å². The highest BCUT2D eigenvalue weighted by molar-refractivity contribution is 8.23. The van der Waals surface area contributed by atoms with E-state index in [-0.39, 0.29) is 12.5 Å². The second-order valence-corrected chi connectivity index (χ2v) is 7.08. The number of amides is 1. The van der Waals surface area contributed by atoms with Crippen molar-refractivity contribution in [3.63, 3.8) is 0 Å². The zero-order valence-corrected chi connectivity index (χ0v) is 15.2. The van der Waals surface area contributed by atoms with Crippen LogP contribution < -0.4 is 4.74 Å². The van der Waals surface area contributed by atoms with E-state index in [9.17, 15) is 9.18 Å². The Bertz CT molecular complexity index is 807. The minimum absolute atomic E-state index is 0.0344. The Morgan fingerprint density at radius 1 is 1.32 bits per heavy atom. The zero-order valence-electron chi connectivity index (χ0n) is 12.8. The average molecular weight is 395 g/mol. The van der Waals surface area contributed by atoms with Crippen LogP contribution in [0.25, 0.3) is 0 Å². The fraction of sp³-hybridized carbons (Fsp3) is 0.118. The number of carbonyl (C=O) groups is 1. The van der Waals surface area contributed by atoms with Gasteiger partial charge in [-0.1, -0.05) is 41.6 Å². The normalized spacial score (nSPS) is 14.6. The van der Waals surface area contributed by atoms with Crippen LogP contribution in [0.15, 0.2) is 47.6 Å². The van der Waals surface area contributed by atoms with E-state index in [1.807, 2.05) is 0 Å². The van der Waals surface area contributed by atoms with Gasteiger partial charge in [-0.15, -0.1) is 0 Å². The molecule has 0 radical (unpaired) electrons. The monoisotopic (exact) mass is 394 g/mol. The van der Waals surface area contributed by atoms with Crippen LogP contribution >= 0.6 is 35.6 Å². The number of rotatable bonds is 5. The molecule has 4 nitrogen and oxygen atoms in total. The van der Waals surface area contributed by atoms with Gasteiger partial charge in [-0.25, -0.2) is 4.39 Å². The number of hydrazone groups is 1. The highest BCUT2D eigenvalue weighted by Crippen LogP contribution is 2.22. The summed E-state index contributed by atoms with van der Waals surface area (Å²) in [6.07, 6.45) is 1.55. The smallest absolute Gasteiger partial charge is 0.259 e. The zero-order chi connectivity index (χ0) is 17.8. The largest absolute Gasteiger partial charge is 0.489 e. The number of ether oxygens (including phenoxy) is 1. The van der Waals surface area contributed by atoms with Crippen LogP contribution in [0.1, 0.15) is 11.1 Å². The van der Waals surface area contributed by atoms with E-state index >= 15 is 0 Å². The molecule has 3 rings (SSSR count). The molecule has 1 saturated heterocycles. The van der Waals surface area contributed by atoms with Crippen LogP contribution in [0, 0.1) is 5.82 Å². The van der Waals surface area contributed by atoms with E-state index in [0.717, 1.165) is 5.56 Å². The first kappa shape index (κ1) is 17.8. The van der Waals surface area contributed by atoms with E-state index in [1.54, 1.807) is 42.6 Å². The van der Waals surface area contributed by atoms with Gasteiger partial charge in [0.25, 0.3) is 5.91 Å². The molecule has 25 heavy (non-hydrogen) atoms. The Labute approximate surface area is 158 Å². The second-order valence-electron chi connectivity index (χ2n) is 5.06. The van der Waals surface area contributed by atoms with Crippen molar-refractivity contribution in [2.75, 3.05) is 5.75 Å². The van der Waals surface area contributed by atoms with Gasteiger partial charge in [0, 0.05) is 5.56 Å². The quantitative estimate of drug-likeness (QED) is 0.561. The Morgan fingerprint density at radius 3 is 2.72 bits per heavy atom. The van der Waals surface area contributed by atoms with Crippen molar-refractivity contribution in [2.45, 2.75) is 6.61 Å². The number of halogens is 2. The standard InChI is InChI=1S/C17H12ClFN2O2S2/c18-14-2-1-3-15(19)13(14)9-23-12-6-4-11(5-7-12)8-20-21-16(22)10-25-17(21)24/h1-8H,9-10H2/b20-8-. The lowest BCUT2D eigenvalue weighted by Crippen LogP contribution is -2.22. The number of benzene rings is 2. The fourth-order valence-electron chi connectivity index (χ4n) is 2.06. The molecule has 0 unspecified atom stereocenters. The number of thioether (sulfide) groups is 1. The summed E-state index contributed by atoms with van der Waals surface area (Å²) in [5, 5.41) is 5.63. The van der Waals surface area contributed by atoms with E-state index in [0.29, 0.717) is 26.4 Å². The topological polar surface area (TPSA) is 41.9 Å². The summed E-state index contributed by atoms with van der Waals surface area (Å²) in [4.78, 5) is 11.6. The molecule has 1 aliphatic heterocycles. The highest BCUT2D eigenvalue weighted by atomic mass is 35.5. The lowest BCUT2D eigenvalue weighted by Gasteiger charge is -2.09. The van der Waals surface area contributed by atoms with Crippen molar-refractivity contribution in [3.8, 4) is 5.75 Å². The van der Waals surface area contributed by atoms with Crippen LogP contribution in [0.5, 0.6) is 5.75 Å². The number of nitrogens with zero attached hydrogens (tertiary/aromatic N) is 2. The van der Waals surface area contributed by atoms with E-state index in [2.05, 4.69) is 5.10 Å². The molecule has 0 saturated carbocycles. The highest BCUT2D eigenvalue weighted by Gasteiger charge is 2.25.